The van der Waals surface area contributed by atoms with Gasteiger partial charge in [0.2, 0.25) is 0 Å². The molecule has 1 aliphatic heterocycles. The Labute approximate surface area is 216 Å². The lowest BCUT2D eigenvalue weighted by molar-refractivity contribution is 0.0785. The largest absolute Gasteiger partial charge is 0.488 e. The predicted molar refractivity (Wildman–Crippen MR) is 139 cm³/mol. The van der Waals surface area contributed by atoms with Crippen LogP contribution in [0.4, 0.5) is 5.13 Å². The number of hydrogen-bond donors (Lipinski definition) is 1. The summed E-state index contributed by atoms with van der Waals surface area (Å²) in [5, 5.41) is 5.30. The van der Waals surface area contributed by atoms with Gasteiger partial charge < -0.3 is 23.3 Å². The number of carbonyl (C=O) groups excluding carboxylic acids is 1. The number of rotatable bonds is 11. The fraction of sp³-hybridized carbons (Fsp3) is 0.400. The van der Waals surface area contributed by atoms with Crippen LogP contribution < -0.4 is 14.8 Å². The maximum absolute atomic E-state index is 13.2. The van der Waals surface area contributed by atoms with Crippen molar-refractivity contribution in [2.45, 2.75) is 39.0 Å². The molecule has 11 heteroatoms. The fourth-order valence-electron chi connectivity index (χ4n) is 3.35. The topological polar surface area (TPSA) is 101 Å². The zero-order valence-corrected chi connectivity index (χ0v) is 22.3. The van der Waals surface area contributed by atoms with E-state index in [1.807, 2.05) is 31.4 Å². The molecular formula is C25H30N3O6PS. The average Bonchev–Trinajstić information content (AvgIpc) is 3.32. The molecule has 0 spiro atoms. The summed E-state index contributed by atoms with van der Waals surface area (Å²) >= 11 is 1.36. The molecule has 1 saturated heterocycles. The van der Waals surface area contributed by atoms with Crippen LogP contribution >= 0.6 is 19.7 Å². The summed E-state index contributed by atoms with van der Waals surface area (Å²) in [6, 6.07) is 8.80. The van der Waals surface area contributed by atoms with Gasteiger partial charge in [-0.25, -0.2) is 4.98 Å². The van der Waals surface area contributed by atoms with Gasteiger partial charge in [0, 0.05) is 29.8 Å². The molecule has 1 unspecified atom stereocenters. The van der Waals surface area contributed by atoms with Crippen molar-refractivity contribution in [1.29, 1.82) is 0 Å². The van der Waals surface area contributed by atoms with Gasteiger partial charge in [0.05, 0.1) is 37.9 Å². The van der Waals surface area contributed by atoms with Crippen molar-refractivity contribution in [3.63, 3.8) is 0 Å². The third-order valence-electron chi connectivity index (χ3n) is 5.20. The number of carbonyl (C=O) groups is 1. The van der Waals surface area contributed by atoms with Crippen molar-refractivity contribution in [2.75, 3.05) is 32.2 Å². The molecule has 1 fully saturated rings. The molecule has 1 aromatic carbocycles. The van der Waals surface area contributed by atoms with Gasteiger partial charge in [-0.3, -0.25) is 15.1 Å². The molecule has 1 atom stereocenters. The molecule has 0 bridgehead atoms. The zero-order chi connectivity index (χ0) is 25.3. The van der Waals surface area contributed by atoms with Crippen LogP contribution in [0.25, 0.3) is 0 Å². The van der Waals surface area contributed by atoms with E-state index in [4.69, 9.17) is 23.3 Å². The van der Waals surface area contributed by atoms with E-state index in [0.717, 1.165) is 24.2 Å². The van der Waals surface area contributed by atoms with E-state index < -0.39 is 8.38 Å². The van der Waals surface area contributed by atoms with Crippen LogP contribution in [0.5, 0.6) is 17.2 Å². The first kappa shape index (κ1) is 26.4. The molecule has 0 radical (unpaired) electrons. The van der Waals surface area contributed by atoms with Crippen LogP contribution in [-0.4, -0.2) is 48.9 Å². The third kappa shape index (κ3) is 7.69. The fourth-order valence-corrected chi connectivity index (χ4v) is 5.53. The maximum Gasteiger partial charge on any atom is 0.257 e. The Morgan fingerprint density at radius 3 is 2.72 bits per heavy atom. The summed E-state index contributed by atoms with van der Waals surface area (Å²) in [6.45, 7) is 5.78. The van der Waals surface area contributed by atoms with Gasteiger partial charge in [-0.2, -0.15) is 0 Å². The van der Waals surface area contributed by atoms with Crippen molar-refractivity contribution >= 4 is 30.8 Å². The first-order valence-electron chi connectivity index (χ1n) is 11.7. The average molecular weight is 532 g/mol. The number of nitrogens with zero attached hydrogens (tertiary/aromatic N) is 2. The van der Waals surface area contributed by atoms with Crippen LogP contribution in [0.3, 0.4) is 0 Å². The van der Waals surface area contributed by atoms with Gasteiger partial charge in [-0.15, -0.1) is 11.3 Å². The normalized spacial score (nSPS) is 14.9. The number of pyridine rings is 1. The highest BCUT2D eigenvalue weighted by atomic mass is 32.1. The first-order chi connectivity index (χ1) is 17.5. The second-order valence-electron chi connectivity index (χ2n) is 8.14. The van der Waals surface area contributed by atoms with Crippen LogP contribution in [0.2, 0.25) is 0 Å². The molecule has 4 rings (SSSR count). The molecule has 1 amide bonds. The van der Waals surface area contributed by atoms with E-state index in [-0.39, 0.29) is 12.0 Å². The van der Waals surface area contributed by atoms with Crippen molar-refractivity contribution in [2.24, 2.45) is 0 Å². The summed E-state index contributed by atoms with van der Waals surface area (Å²) < 4.78 is 28.6. The SMILES string of the molecule is CCC(COC)Oc1cc(Oc2ccc(C)nc2)cc(C(=O)Nc2nc(CP3OCCCO3)cs2)c1. The number of aryl methyl sites for hydroxylation is 1. The number of nitrogens with one attached hydrogen (secondary N) is 1. The summed E-state index contributed by atoms with van der Waals surface area (Å²) in [6.07, 6.45) is 3.75. The number of ether oxygens (including phenoxy) is 3. The van der Waals surface area contributed by atoms with E-state index in [1.165, 1.54) is 11.3 Å². The maximum atomic E-state index is 13.2. The number of aromatic nitrogens is 2. The quantitative estimate of drug-likeness (QED) is 0.303. The summed E-state index contributed by atoms with van der Waals surface area (Å²) in [5.41, 5.74) is 2.10. The molecule has 0 aliphatic carbocycles. The Morgan fingerprint density at radius 2 is 2.00 bits per heavy atom. The molecule has 9 nitrogen and oxygen atoms in total. The second-order valence-corrected chi connectivity index (χ2v) is 10.5. The number of anilines is 1. The van der Waals surface area contributed by atoms with Crippen molar-refractivity contribution in [3.05, 3.63) is 58.9 Å². The van der Waals surface area contributed by atoms with Crippen molar-refractivity contribution in [3.8, 4) is 17.2 Å². The number of hydrogen-bond acceptors (Lipinski definition) is 9. The predicted octanol–water partition coefficient (Wildman–Crippen LogP) is 5.94. The number of amides is 1. The lowest BCUT2D eigenvalue weighted by Crippen LogP contribution is -2.21. The molecule has 1 N–H and O–H groups in total. The Morgan fingerprint density at radius 1 is 1.19 bits per heavy atom. The van der Waals surface area contributed by atoms with Gasteiger partial charge in [-0.05, 0) is 44.0 Å². The Hall–Kier alpha value is -2.62. The molecule has 0 saturated carbocycles. The zero-order valence-electron chi connectivity index (χ0n) is 20.6. The molecule has 3 heterocycles. The standard InChI is InChI=1S/C25H30N3O6PS/c1-4-20(14-30-3)33-22-10-18(11-23(12-22)34-21-7-6-17(2)26-13-21)24(29)28-25-27-19(16-36-25)15-35-31-8-5-9-32-35/h6-7,10-13,16,20H,4-5,8-9,14-15H2,1-3H3,(H,27,28,29). The van der Waals surface area contributed by atoms with Crippen molar-refractivity contribution in [1.82, 2.24) is 9.97 Å². The highest BCUT2D eigenvalue weighted by Gasteiger charge is 2.19. The molecule has 192 valence electrons. The highest BCUT2D eigenvalue weighted by Crippen LogP contribution is 2.44. The summed E-state index contributed by atoms with van der Waals surface area (Å²) in [5.74, 6) is 1.22. The van der Waals surface area contributed by atoms with E-state index >= 15 is 0 Å². The number of benzene rings is 1. The van der Waals surface area contributed by atoms with E-state index in [1.54, 1.807) is 31.5 Å². The lowest BCUT2D eigenvalue weighted by Gasteiger charge is -2.21. The van der Waals surface area contributed by atoms with Crippen LogP contribution in [0.1, 0.15) is 41.5 Å². The van der Waals surface area contributed by atoms with Crippen molar-refractivity contribution < 1.29 is 28.1 Å². The molecule has 36 heavy (non-hydrogen) atoms. The van der Waals surface area contributed by atoms with Crippen LogP contribution in [-0.2, 0) is 19.9 Å². The molecular weight excluding hydrogens is 501 g/mol. The first-order valence-corrected chi connectivity index (χ1v) is 14.0. The number of methoxy groups -OCH3 is 1. The smallest absolute Gasteiger partial charge is 0.257 e. The lowest BCUT2D eigenvalue weighted by atomic mass is 10.2. The van der Waals surface area contributed by atoms with E-state index in [9.17, 15) is 4.79 Å². The van der Waals surface area contributed by atoms with Gasteiger partial charge in [0.1, 0.15) is 23.4 Å². The molecule has 2 aromatic heterocycles. The molecule has 1 aliphatic rings. The van der Waals surface area contributed by atoms with Gasteiger partial charge in [0.25, 0.3) is 5.91 Å². The second kappa shape index (κ2) is 13.1. The minimum atomic E-state index is -0.965. The van der Waals surface area contributed by atoms with Gasteiger partial charge >= 0.3 is 0 Å². The highest BCUT2D eigenvalue weighted by molar-refractivity contribution is 7.46. The van der Waals surface area contributed by atoms with E-state index in [2.05, 4.69) is 15.3 Å². The van der Waals surface area contributed by atoms with Gasteiger partial charge in [-0.1, -0.05) is 6.92 Å². The Balaban J connectivity index is 1.50. The monoisotopic (exact) mass is 531 g/mol. The Bertz CT molecular complexity index is 1140. The molecule has 3 aromatic rings. The minimum absolute atomic E-state index is 0.158. The minimum Gasteiger partial charge on any atom is -0.488 e. The number of thiazole rings is 1. The van der Waals surface area contributed by atoms with Crippen LogP contribution in [0.15, 0.2) is 41.9 Å². The Kier molecular flexibility index (Phi) is 9.60. The van der Waals surface area contributed by atoms with Crippen LogP contribution in [0, 0.1) is 6.92 Å². The van der Waals surface area contributed by atoms with E-state index in [0.29, 0.717) is 53.9 Å². The summed E-state index contributed by atoms with van der Waals surface area (Å²) in [7, 11) is 0.665. The third-order valence-corrected chi connectivity index (χ3v) is 7.53. The summed E-state index contributed by atoms with van der Waals surface area (Å²) in [4.78, 5) is 22.0. The van der Waals surface area contributed by atoms with Gasteiger partial charge in [0.15, 0.2) is 13.5 Å².